The van der Waals surface area contributed by atoms with Crippen molar-refractivity contribution in [1.29, 1.82) is 0 Å². The summed E-state index contributed by atoms with van der Waals surface area (Å²) in [7, 11) is 1.50. The van der Waals surface area contributed by atoms with Gasteiger partial charge in [0.25, 0.3) is 0 Å². The van der Waals surface area contributed by atoms with Crippen molar-refractivity contribution in [2.45, 2.75) is 6.42 Å². The maximum Gasteiger partial charge on any atom is 0.311 e. The molecule has 0 aliphatic rings. The highest BCUT2D eigenvalue weighted by atomic mass is 35.5. The van der Waals surface area contributed by atoms with E-state index < -0.39 is 4.92 Å². The number of Topliss-reactive ketones (excluding diaryl/α,β-unsaturated/α-hetero) is 1. The molecule has 0 atom stereocenters. The fourth-order valence-electron chi connectivity index (χ4n) is 2.13. The van der Waals surface area contributed by atoms with E-state index in [-0.39, 0.29) is 35.8 Å². The summed E-state index contributed by atoms with van der Waals surface area (Å²) in [4.78, 5) is 23.0. The Labute approximate surface area is 154 Å². The SMILES string of the molecule is COCCOc1ccc(C(=O)Cc2ccc(Cl)c(Cl)c2)cc1[N+](=O)[O-]. The summed E-state index contributed by atoms with van der Waals surface area (Å²) in [6, 6.07) is 9.00. The minimum atomic E-state index is -0.585. The Morgan fingerprint density at radius 2 is 1.88 bits per heavy atom. The lowest BCUT2D eigenvalue weighted by atomic mass is 10.0. The van der Waals surface area contributed by atoms with Gasteiger partial charge in [-0.05, 0) is 29.8 Å². The Morgan fingerprint density at radius 1 is 1.12 bits per heavy atom. The smallest absolute Gasteiger partial charge is 0.311 e. The van der Waals surface area contributed by atoms with Crippen molar-refractivity contribution < 1.29 is 19.2 Å². The first-order valence-corrected chi connectivity index (χ1v) is 8.05. The number of methoxy groups -OCH3 is 1. The molecule has 0 aliphatic heterocycles. The summed E-state index contributed by atoms with van der Waals surface area (Å²) < 4.78 is 10.2. The van der Waals surface area contributed by atoms with Gasteiger partial charge in [0.1, 0.15) is 6.61 Å². The number of carbonyl (C=O) groups excluding carboxylic acids is 1. The Balaban J connectivity index is 2.20. The summed E-state index contributed by atoms with van der Waals surface area (Å²) >= 11 is 11.8. The molecule has 2 aromatic rings. The highest BCUT2D eigenvalue weighted by Crippen LogP contribution is 2.29. The number of ketones is 1. The second-order valence-corrected chi connectivity index (χ2v) is 5.94. The van der Waals surface area contributed by atoms with Crippen molar-refractivity contribution >= 4 is 34.7 Å². The summed E-state index contributed by atoms with van der Waals surface area (Å²) in [6.45, 7) is 0.475. The topological polar surface area (TPSA) is 78.7 Å². The van der Waals surface area contributed by atoms with Crippen LogP contribution in [0.4, 0.5) is 5.69 Å². The minimum Gasteiger partial charge on any atom is -0.484 e. The molecule has 6 nitrogen and oxygen atoms in total. The molecular formula is C17H15Cl2NO5. The van der Waals surface area contributed by atoms with Crippen LogP contribution < -0.4 is 4.74 Å². The number of rotatable bonds is 8. The highest BCUT2D eigenvalue weighted by Gasteiger charge is 2.19. The minimum absolute atomic E-state index is 0.0535. The molecule has 8 heteroatoms. The van der Waals surface area contributed by atoms with Crippen molar-refractivity contribution in [2.75, 3.05) is 20.3 Å². The van der Waals surface area contributed by atoms with E-state index in [4.69, 9.17) is 32.7 Å². The van der Waals surface area contributed by atoms with Gasteiger partial charge in [0.05, 0.1) is 21.6 Å². The summed E-state index contributed by atoms with van der Waals surface area (Å²) in [5.41, 5.74) is 0.621. The highest BCUT2D eigenvalue weighted by molar-refractivity contribution is 6.42. The molecule has 2 aromatic carbocycles. The zero-order valence-electron chi connectivity index (χ0n) is 13.3. The van der Waals surface area contributed by atoms with Crippen molar-refractivity contribution in [3.63, 3.8) is 0 Å². The Kier molecular flexibility index (Phi) is 6.75. The molecular weight excluding hydrogens is 369 g/mol. The van der Waals surface area contributed by atoms with Crippen molar-refractivity contribution in [1.82, 2.24) is 0 Å². The van der Waals surface area contributed by atoms with Gasteiger partial charge in [-0.1, -0.05) is 29.3 Å². The van der Waals surface area contributed by atoms with E-state index in [2.05, 4.69) is 0 Å². The average Bonchev–Trinajstić information content (AvgIpc) is 2.58. The Bertz CT molecular complexity index is 795. The molecule has 0 bridgehead atoms. The number of carbonyl (C=O) groups is 1. The number of nitro groups is 1. The third kappa shape index (κ3) is 5.16. The van der Waals surface area contributed by atoms with Crippen LogP contribution in [0.5, 0.6) is 5.75 Å². The molecule has 0 unspecified atom stereocenters. The van der Waals surface area contributed by atoms with Crippen molar-refractivity contribution in [2.24, 2.45) is 0 Å². The third-order valence-corrected chi connectivity index (χ3v) is 4.11. The van der Waals surface area contributed by atoms with Crippen LogP contribution in [-0.2, 0) is 11.2 Å². The van der Waals surface area contributed by atoms with Gasteiger partial charge < -0.3 is 9.47 Å². The zero-order chi connectivity index (χ0) is 18.4. The molecule has 132 valence electrons. The van der Waals surface area contributed by atoms with Gasteiger partial charge in [0, 0.05) is 25.2 Å². The fraction of sp³-hybridized carbons (Fsp3) is 0.235. The van der Waals surface area contributed by atoms with E-state index >= 15 is 0 Å². The van der Waals surface area contributed by atoms with Crippen LogP contribution in [0.15, 0.2) is 36.4 Å². The number of nitrogens with zero attached hydrogens (tertiary/aromatic N) is 1. The number of nitro benzene ring substituents is 1. The molecule has 0 N–H and O–H groups in total. The van der Waals surface area contributed by atoms with Gasteiger partial charge in [0.2, 0.25) is 0 Å². The molecule has 2 rings (SSSR count). The molecule has 25 heavy (non-hydrogen) atoms. The summed E-state index contributed by atoms with van der Waals surface area (Å²) in [5, 5.41) is 12.0. The van der Waals surface area contributed by atoms with Crippen LogP contribution in [0, 0.1) is 10.1 Å². The summed E-state index contributed by atoms with van der Waals surface area (Å²) in [5.74, 6) is -0.182. The molecule has 0 saturated heterocycles. The number of hydrogen-bond acceptors (Lipinski definition) is 5. The normalized spacial score (nSPS) is 10.5. The fourth-order valence-corrected chi connectivity index (χ4v) is 2.45. The van der Waals surface area contributed by atoms with Gasteiger partial charge in [-0.3, -0.25) is 14.9 Å². The maximum absolute atomic E-state index is 12.4. The molecule has 0 heterocycles. The predicted molar refractivity (Wildman–Crippen MR) is 95.0 cm³/mol. The first-order chi connectivity index (χ1) is 11.9. The van der Waals surface area contributed by atoms with E-state index in [9.17, 15) is 14.9 Å². The number of benzene rings is 2. The lowest BCUT2D eigenvalue weighted by Crippen LogP contribution is -2.08. The average molecular weight is 384 g/mol. The first-order valence-electron chi connectivity index (χ1n) is 7.29. The first kappa shape index (κ1) is 19.2. The molecule has 0 saturated carbocycles. The van der Waals surface area contributed by atoms with Crippen LogP contribution in [-0.4, -0.2) is 31.0 Å². The lowest BCUT2D eigenvalue weighted by molar-refractivity contribution is -0.385. The summed E-state index contributed by atoms with van der Waals surface area (Å²) in [6.07, 6.45) is 0.0535. The Hall–Kier alpha value is -2.15. The molecule has 0 radical (unpaired) electrons. The van der Waals surface area contributed by atoms with Crippen LogP contribution in [0.3, 0.4) is 0 Å². The van der Waals surface area contributed by atoms with Gasteiger partial charge in [-0.2, -0.15) is 0 Å². The van der Waals surface area contributed by atoms with Gasteiger partial charge in [-0.25, -0.2) is 0 Å². The third-order valence-electron chi connectivity index (χ3n) is 3.37. The zero-order valence-corrected chi connectivity index (χ0v) is 14.8. The largest absolute Gasteiger partial charge is 0.484 e. The van der Waals surface area contributed by atoms with E-state index in [1.54, 1.807) is 18.2 Å². The van der Waals surface area contributed by atoms with E-state index in [0.717, 1.165) is 0 Å². The molecule has 0 spiro atoms. The quantitative estimate of drug-likeness (QED) is 0.293. The monoisotopic (exact) mass is 383 g/mol. The molecule has 0 aliphatic carbocycles. The van der Waals surface area contributed by atoms with E-state index in [0.29, 0.717) is 22.2 Å². The van der Waals surface area contributed by atoms with Crippen LogP contribution in [0.2, 0.25) is 10.0 Å². The van der Waals surface area contributed by atoms with Gasteiger partial charge >= 0.3 is 5.69 Å². The molecule has 0 fully saturated rings. The standard InChI is InChI=1S/C17H15Cl2NO5/c1-24-6-7-25-17-5-3-12(10-15(17)20(22)23)16(21)9-11-2-4-13(18)14(19)8-11/h2-5,8,10H,6-7,9H2,1H3. The number of halogens is 2. The molecule has 0 aromatic heterocycles. The second-order valence-electron chi connectivity index (χ2n) is 5.13. The Morgan fingerprint density at radius 3 is 2.52 bits per heavy atom. The molecule has 0 amide bonds. The predicted octanol–water partition coefficient (Wildman–Crippen LogP) is 4.35. The van der Waals surface area contributed by atoms with E-state index in [1.807, 2.05) is 0 Å². The maximum atomic E-state index is 12.4. The van der Waals surface area contributed by atoms with Crippen LogP contribution in [0.25, 0.3) is 0 Å². The van der Waals surface area contributed by atoms with Crippen LogP contribution >= 0.6 is 23.2 Å². The second kappa shape index (κ2) is 8.80. The van der Waals surface area contributed by atoms with Crippen molar-refractivity contribution in [3.05, 3.63) is 67.7 Å². The van der Waals surface area contributed by atoms with Gasteiger partial charge in [0.15, 0.2) is 11.5 Å². The van der Waals surface area contributed by atoms with Gasteiger partial charge in [-0.15, -0.1) is 0 Å². The lowest BCUT2D eigenvalue weighted by Gasteiger charge is -2.08. The van der Waals surface area contributed by atoms with Crippen molar-refractivity contribution in [3.8, 4) is 5.75 Å². The van der Waals surface area contributed by atoms with E-state index in [1.165, 1.54) is 25.3 Å². The van der Waals surface area contributed by atoms with Crippen LogP contribution in [0.1, 0.15) is 15.9 Å². The number of ether oxygens (including phenoxy) is 2. The number of hydrogen-bond donors (Lipinski definition) is 0.